The van der Waals surface area contributed by atoms with E-state index in [-0.39, 0.29) is 6.04 Å². The van der Waals surface area contributed by atoms with Crippen molar-refractivity contribution in [3.63, 3.8) is 0 Å². The van der Waals surface area contributed by atoms with Crippen LogP contribution in [0.15, 0.2) is 122 Å². The molecule has 1 nitrogen and oxygen atoms in total. The molecule has 1 heteroatoms. The predicted octanol–water partition coefficient (Wildman–Crippen LogP) is 9.51. The molecule has 0 spiro atoms. The van der Waals surface area contributed by atoms with Gasteiger partial charge in [0.2, 0.25) is 0 Å². The molecule has 0 aliphatic heterocycles. The number of nitrogens with zero attached hydrogens (tertiary/aromatic N) is 1. The molecule has 6 aromatic rings. The van der Waals surface area contributed by atoms with Crippen LogP contribution in [0, 0.1) is 0 Å². The van der Waals surface area contributed by atoms with Gasteiger partial charge in [0.25, 0.3) is 0 Å². The summed E-state index contributed by atoms with van der Waals surface area (Å²) >= 11 is 0. The Morgan fingerprint density at radius 1 is 0.722 bits per heavy atom. The van der Waals surface area contributed by atoms with E-state index in [1.807, 2.05) is 6.08 Å². The molecule has 0 saturated carbocycles. The maximum absolute atomic E-state index is 4.52. The Kier molecular flexibility index (Phi) is 5.54. The van der Waals surface area contributed by atoms with Crippen molar-refractivity contribution >= 4 is 49.7 Å². The first-order valence-electron chi connectivity index (χ1n) is 12.5. The second kappa shape index (κ2) is 9.02. The standard InChI is InChI=1S/C35H29N/c1-4-25-13-19-30(20-14-25)36(3)33(23-24(2)26-9-6-5-7-10-26)31-21-17-29-16-15-27-11-8-12-28-18-22-32(31)35(29)34(27)28/h4-22,33H,1-2,23H2,3H3. The van der Waals surface area contributed by atoms with Crippen LogP contribution in [0.4, 0.5) is 5.69 Å². The Bertz CT molecular complexity index is 1680. The smallest absolute Gasteiger partial charge is 0.0585 e. The molecule has 0 aliphatic rings. The number of benzene rings is 6. The highest BCUT2D eigenvalue weighted by molar-refractivity contribution is 6.23. The summed E-state index contributed by atoms with van der Waals surface area (Å²) in [5, 5.41) is 7.90. The molecule has 0 saturated heterocycles. The Hall–Kier alpha value is -4.36. The summed E-state index contributed by atoms with van der Waals surface area (Å²) in [6.45, 7) is 8.43. The molecule has 0 bridgehead atoms. The van der Waals surface area contributed by atoms with E-state index in [0.29, 0.717) is 0 Å². The first-order chi connectivity index (χ1) is 17.6. The Morgan fingerprint density at radius 2 is 1.36 bits per heavy atom. The summed E-state index contributed by atoms with van der Waals surface area (Å²) in [4.78, 5) is 2.40. The summed E-state index contributed by atoms with van der Waals surface area (Å²) in [6, 6.07) is 39.6. The Labute approximate surface area is 213 Å². The van der Waals surface area contributed by atoms with Crippen LogP contribution in [-0.4, -0.2) is 7.05 Å². The number of hydrogen-bond acceptors (Lipinski definition) is 1. The van der Waals surface area contributed by atoms with Gasteiger partial charge in [0, 0.05) is 12.7 Å². The SMILES string of the molecule is C=Cc1ccc(N(C)C(CC(=C)c2ccccc2)c2ccc3ccc4cccc5ccc2c3c45)cc1. The van der Waals surface area contributed by atoms with E-state index in [9.17, 15) is 0 Å². The first-order valence-corrected chi connectivity index (χ1v) is 12.5. The lowest BCUT2D eigenvalue weighted by atomic mass is 9.87. The van der Waals surface area contributed by atoms with Crippen LogP contribution in [0.3, 0.4) is 0 Å². The summed E-state index contributed by atoms with van der Waals surface area (Å²) in [5.41, 5.74) is 5.96. The maximum atomic E-state index is 4.52. The minimum atomic E-state index is 0.122. The third kappa shape index (κ3) is 3.74. The maximum Gasteiger partial charge on any atom is 0.0585 e. The average Bonchev–Trinajstić information content (AvgIpc) is 2.95. The van der Waals surface area contributed by atoms with Crippen LogP contribution < -0.4 is 4.90 Å². The second-order valence-electron chi connectivity index (χ2n) is 9.61. The molecule has 6 aromatic carbocycles. The summed E-state index contributed by atoms with van der Waals surface area (Å²) in [7, 11) is 2.20. The molecule has 0 amide bonds. The van der Waals surface area contributed by atoms with Crippen molar-refractivity contribution in [1.82, 2.24) is 0 Å². The molecule has 174 valence electrons. The zero-order valence-electron chi connectivity index (χ0n) is 20.6. The van der Waals surface area contributed by atoms with Gasteiger partial charge in [0.05, 0.1) is 6.04 Å². The van der Waals surface area contributed by atoms with Crippen LogP contribution in [0.25, 0.3) is 44.0 Å². The second-order valence-corrected chi connectivity index (χ2v) is 9.61. The zero-order valence-corrected chi connectivity index (χ0v) is 20.6. The minimum Gasteiger partial charge on any atom is -0.367 e. The Morgan fingerprint density at radius 3 is 2.06 bits per heavy atom. The minimum absolute atomic E-state index is 0.122. The lowest BCUT2D eigenvalue weighted by Gasteiger charge is -2.33. The molecule has 36 heavy (non-hydrogen) atoms. The van der Waals surface area contributed by atoms with Gasteiger partial charge in [0.1, 0.15) is 0 Å². The van der Waals surface area contributed by atoms with Crippen molar-refractivity contribution in [2.75, 3.05) is 11.9 Å². The Balaban J connectivity index is 1.53. The van der Waals surface area contributed by atoms with Crippen molar-refractivity contribution < 1.29 is 0 Å². The van der Waals surface area contributed by atoms with Gasteiger partial charge in [-0.25, -0.2) is 0 Å². The molecule has 0 N–H and O–H groups in total. The highest BCUT2D eigenvalue weighted by Crippen LogP contribution is 2.41. The number of rotatable bonds is 7. The molecule has 0 aromatic heterocycles. The van der Waals surface area contributed by atoms with Crippen molar-refractivity contribution in [3.8, 4) is 0 Å². The number of hydrogen-bond donors (Lipinski definition) is 0. The molecule has 1 atom stereocenters. The molecular weight excluding hydrogens is 434 g/mol. The van der Waals surface area contributed by atoms with Gasteiger partial charge in [0.15, 0.2) is 0 Å². The fourth-order valence-corrected chi connectivity index (χ4v) is 5.55. The molecule has 0 fully saturated rings. The van der Waals surface area contributed by atoms with Crippen molar-refractivity contribution in [3.05, 3.63) is 139 Å². The van der Waals surface area contributed by atoms with E-state index in [4.69, 9.17) is 0 Å². The topological polar surface area (TPSA) is 3.24 Å². The molecular formula is C35H29N. The summed E-state index contributed by atoms with van der Waals surface area (Å²) in [5.74, 6) is 0. The van der Waals surface area contributed by atoms with Gasteiger partial charge < -0.3 is 4.90 Å². The summed E-state index contributed by atoms with van der Waals surface area (Å²) < 4.78 is 0. The third-order valence-corrected chi connectivity index (χ3v) is 7.55. The first kappa shape index (κ1) is 22.1. The predicted molar refractivity (Wildman–Crippen MR) is 158 cm³/mol. The summed E-state index contributed by atoms with van der Waals surface area (Å²) in [6.07, 6.45) is 2.72. The molecule has 0 radical (unpaired) electrons. The normalized spacial score (nSPS) is 12.2. The van der Waals surface area contributed by atoms with Crippen molar-refractivity contribution in [1.29, 1.82) is 0 Å². The van der Waals surface area contributed by atoms with Crippen LogP contribution in [-0.2, 0) is 0 Å². The van der Waals surface area contributed by atoms with E-state index in [0.717, 1.165) is 17.6 Å². The van der Waals surface area contributed by atoms with E-state index in [1.165, 1.54) is 49.1 Å². The van der Waals surface area contributed by atoms with Gasteiger partial charge in [-0.1, -0.05) is 116 Å². The largest absolute Gasteiger partial charge is 0.367 e. The third-order valence-electron chi connectivity index (χ3n) is 7.55. The van der Waals surface area contributed by atoms with Crippen LogP contribution >= 0.6 is 0 Å². The van der Waals surface area contributed by atoms with Gasteiger partial charge in [-0.15, -0.1) is 0 Å². The van der Waals surface area contributed by atoms with Crippen LogP contribution in [0.5, 0.6) is 0 Å². The van der Waals surface area contributed by atoms with Crippen LogP contribution in [0.2, 0.25) is 0 Å². The van der Waals surface area contributed by atoms with Gasteiger partial charge in [-0.3, -0.25) is 0 Å². The average molecular weight is 464 g/mol. The number of anilines is 1. The van der Waals surface area contributed by atoms with Gasteiger partial charge in [-0.05, 0) is 73.1 Å². The van der Waals surface area contributed by atoms with E-state index < -0.39 is 0 Å². The van der Waals surface area contributed by atoms with E-state index in [2.05, 4.69) is 134 Å². The fraction of sp³-hybridized carbons (Fsp3) is 0.0857. The van der Waals surface area contributed by atoms with Crippen LogP contribution in [0.1, 0.15) is 29.2 Å². The molecule has 0 aliphatic carbocycles. The lowest BCUT2D eigenvalue weighted by Crippen LogP contribution is -2.24. The van der Waals surface area contributed by atoms with Crippen molar-refractivity contribution in [2.24, 2.45) is 0 Å². The van der Waals surface area contributed by atoms with Crippen molar-refractivity contribution in [2.45, 2.75) is 12.5 Å². The monoisotopic (exact) mass is 463 g/mol. The molecule has 6 rings (SSSR count). The van der Waals surface area contributed by atoms with Gasteiger partial charge in [-0.2, -0.15) is 0 Å². The van der Waals surface area contributed by atoms with Gasteiger partial charge >= 0.3 is 0 Å². The highest BCUT2D eigenvalue weighted by Gasteiger charge is 2.23. The molecule has 1 unspecified atom stereocenters. The van der Waals surface area contributed by atoms with E-state index >= 15 is 0 Å². The molecule has 0 heterocycles. The fourth-order valence-electron chi connectivity index (χ4n) is 5.55. The lowest BCUT2D eigenvalue weighted by molar-refractivity contribution is 0.695. The van der Waals surface area contributed by atoms with E-state index in [1.54, 1.807) is 0 Å². The highest BCUT2D eigenvalue weighted by atomic mass is 15.1. The quantitative estimate of drug-likeness (QED) is 0.213. The zero-order chi connectivity index (χ0) is 24.6.